The number of isocyanates is 1. The van der Waals surface area contributed by atoms with Crippen LogP contribution in [0.15, 0.2) is 8.76 Å². The Morgan fingerprint density at radius 3 is 1.37 bits per heavy atom. The third-order valence-electron chi connectivity index (χ3n) is 1.29. The predicted molar refractivity (Wildman–Crippen MR) is 39.9 cm³/mol. The zero-order chi connectivity index (χ0) is 15.7. The average Bonchev–Trinajstić information content (AvgIpc) is 2.11. The molecule has 0 bridgehead atoms. The molecule has 0 aliphatic heterocycles. The van der Waals surface area contributed by atoms with Gasteiger partial charge in [0, 0.05) is 0 Å². The number of hydrogen-bond donors (Lipinski definition) is 0. The van der Waals surface area contributed by atoms with E-state index in [9.17, 15) is 48.7 Å². The van der Waals surface area contributed by atoms with Crippen LogP contribution in [0.3, 0.4) is 0 Å². The third kappa shape index (κ3) is 3.89. The highest BCUT2D eigenvalue weighted by molar-refractivity contribution is 7.87. The molecule has 0 aliphatic rings. The van der Waals surface area contributed by atoms with Crippen LogP contribution >= 0.6 is 0 Å². The largest absolute Gasteiger partial charge is 0.473 e. The molecule has 0 radical (unpaired) electrons. The zero-order valence-corrected chi connectivity index (χ0v) is 8.81. The van der Waals surface area contributed by atoms with E-state index in [1.165, 1.54) is 0 Å². The summed E-state index contributed by atoms with van der Waals surface area (Å²) in [7, 11) is -4.49. The first kappa shape index (κ1) is 17.8. The molecular formula is C5F10N2OS. The van der Waals surface area contributed by atoms with E-state index < -0.39 is 34.5 Å². The van der Waals surface area contributed by atoms with Crippen molar-refractivity contribution >= 4 is 17.0 Å². The maximum atomic E-state index is 12.8. The Hall–Kier alpha value is -1.17. The van der Waals surface area contributed by atoms with Gasteiger partial charge in [0.2, 0.25) is 6.08 Å². The fourth-order valence-corrected chi connectivity index (χ4v) is 1.31. The van der Waals surface area contributed by atoms with E-state index in [4.69, 9.17) is 0 Å². The van der Waals surface area contributed by atoms with Crippen molar-refractivity contribution in [3.63, 3.8) is 0 Å². The molecule has 1 atom stereocenters. The fourth-order valence-electron chi connectivity index (χ4n) is 0.543. The SMILES string of the molecule is O=C=NS(=NC(F)(C(F)(F)F)C(F)(F)F)C(F)(F)F. The fraction of sp³-hybridized carbons (Fsp3) is 0.800. The van der Waals surface area contributed by atoms with Gasteiger partial charge in [-0.3, -0.25) is 0 Å². The highest BCUT2D eigenvalue weighted by Crippen LogP contribution is 2.48. The quantitative estimate of drug-likeness (QED) is 0.332. The molecule has 1 unspecified atom stereocenters. The summed E-state index contributed by atoms with van der Waals surface area (Å²) in [6, 6.07) is 0. The van der Waals surface area contributed by atoms with Gasteiger partial charge in [-0.05, 0) is 0 Å². The first-order valence-corrected chi connectivity index (χ1v) is 4.75. The molecule has 0 heterocycles. The van der Waals surface area contributed by atoms with Crippen molar-refractivity contribution < 1.29 is 48.7 Å². The molecule has 0 aromatic heterocycles. The molecule has 0 spiro atoms. The molecular weight excluding hydrogens is 326 g/mol. The molecule has 0 rings (SSSR count). The van der Waals surface area contributed by atoms with Gasteiger partial charge in [0.25, 0.3) is 0 Å². The Kier molecular flexibility index (Phi) is 4.76. The highest BCUT2D eigenvalue weighted by Gasteiger charge is 2.74. The number of alkyl halides is 10. The average molecular weight is 326 g/mol. The molecule has 0 amide bonds. The van der Waals surface area contributed by atoms with Crippen LogP contribution < -0.4 is 0 Å². The number of nitrogens with zero attached hydrogens (tertiary/aromatic N) is 2. The van der Waals surface area contributed by atoms with Crippen molar-refractivity contribution in [2.45, 2.75) is 23.7 Å². The number of hydrogen-bond acceptors (Lipinski definition) is 2. The lowest BCUT2D eigenvalue weighted by Crippen LogP contribution is -2.52. The standard InChI is InChI=1S/C5F10N2OS/c6-2(3(7,8)9,4(10,11)12)17-19(16-1-18)5(13,14)15. The highest BCUT2D eigenvalue weighted by atomic mass is 32.2. The van der Waals surface area contributed by atoms with Crippen molar-refractivity contribution in [1.29, 1.82) is 0 Å². The molecule has 112 valence electrons. The third-order valence-corrected chi connectivity index (χ3v) is 2.38. The molecule has 0 aliphatic carbocycles. The van der Waals surface area contributed by atoms with Gasteiger partial charge in [-0.1, -0.05) is 0 Å². The van der Waals surface area contributed by atoms with Crippen LogP contribution in [0, 0.1) is 0 Å². The zero-order valence-electron chi connectivity index (χ0n) is 7.99. The van der Waals surface area contributed by atoms with Crippen molar-refractivity contribution in [1.82, 2.24) is 0 Å². The van der Waals surface area contributed by atoms with E-state index >= 15 is 0 Å². The first-order chi connectivity index (χ1) is 8.17. The lowest BCUT2D eigenvalue weighted by Gasteiger charge is -2.26. The van der Waals surface area contributed by atoms with E-state index in [1.807, 2.05) is 0 Å². The van der Waals surface area contributed by atoms with Crippen LogP contribution in [0.2, 0.25) is 0 Å². The molecule has 14 heteroatoms. The molecule has 0 saturated heterocycles. The minimum Gasteiger partial charge on any atom is -0.210 e. The number of rotatable bonds is 2. The Morgan fingerprint density at radius 1 is 0.789 bits per heavy atom. The number of halogens is 10. The van der Waals surface area contributed by atoms with Gasteiger partial charge < -0.3 is 0 Å². The molecule has 0 fully saturated rings. The summed E-state index contributed by atoms with van der Waals surface area (Å²) in [5, 5.41) is 0. The molecule has 19 heavy (non-hydrogen) atoms. The van der Waals surface area contributed by atoms with Crippen LogP contribution in [-0.4, -0.2) is 29.7 Å². The summed E-state index contributed by atoms with van der Waals surface area (Å²) >= 11 is 0. The Bertz CT molecular complexity index is 399. The van der Waals surface area contributed by atoms with Gasteiger partial charge in [0.1, 0.15) is 10.9 Å². The Labute approximate surface area is 99.1 Å². The molecule has 3 nitrogen and oxygen atoms in total. The van der Waals surface area contributed by atoms with Gasteiger partial charge in [-0.15, -0.1) is 4.40 Å². The van der Waals surface area contributed by atoms with Gasteiger partial charge >= 0.3 is 23.7 Å². The molecule has 0 aromatic rings. The minimum absolute atomic E-state index is 0.0720. The van der Waals surface area contributed by atoms with Crippen LogP contribution in [0.4, 0.5) is 43.9 Å². The summed E-state index contributed by atoms with van der Waals surface area (Å²) in [6.45, 7) is 0. The van der Waals surface area contributed by atoms with Crippen LogP contribution in [-0.2, 0) is 15.7 Å². The van der Waals surface area contributed by atoms with E-state index in [0.29, 0.717) is 0 Å². The van der Waals surface area contributed by atoms with E-state index in [0.717, 1.165) is 4.36 Å². The smallest absolute Gasteiger partial charge is 0.210 e. The van der Waals surface area contributed by atoms with Crippen molar-refractivity contribution in [2.24, 2.45) is 8.76 Å². The lowest BCUT2D eigenvalue weighted by atomic mass is 10.2. The van der Waals surface area contributed by atoms with Gasteiger partial charge in [-0.2, -0.15) is 48.3 Å². The lowest BCUT2D eigenvalue weighted by molar-refractivity contribution is -0.337. The normalized spacial score (nSPS) is 16.1. The van der Waals surface area contributed by atoms with Gasteiger partial charge in [0.05, 0.1) is 0 Å². The van der Waals surface area contributed by atoms with Crippen LogP contribution in [0.25, 0.3) is 0 Å². The monoisotopic (exact) mass is 326 g/mol. The van der Waals surface area contributed by atoms with Crippen molar-refractivity contribution in [2.75, 3.05) is 0 Å². The first-order valence-electron chi connectivity index (χ1n) is 3.61. The van der Waals surface area contributed by atoms with E-state index in [-0.39, 0.29) is 6.08 Å². The second kappa shape index (κ2) is 5.07. The summed E-state index contributed by atoms with van der Waals surface area (Å²) in [5.41, 5.74) is -5.90. The van der Waals surface area contributed by atoms with Crippen molar-refractivity contribution in [3.8, 4) is 0 Å². The molecule has 0 saturated carbocycles. The second-order valence-electron chi connectivity index (χ2n) is 2.60. The van der Waals surface area contributed by atoms with Gasteiger partial charge in [-0.25, -0.2) is 4.79 Å². The topological polar surface area (TPSA) is 41.8 Å². The van der Waals surface area contributed by atoms with Crippen LogP contribution in [0.5, 0.6) is 0 Å². The maximum absolute atomic E-state index is 12.8. The Morgan fingerprint density at radius 2 is 1.16 bits per heavy atom. The Balaban J connectivity index is 6.14. The molecule has 0 N–H and O–H groups in total. The van der Waals surface area contributed by atoms with E-state index in [1.54, 1.807) is 4.40 Å². The van der Waals surface area contributed by atoms with Gasteiger partial charge in [0.15, 0.2) is 0 Å². The van der Waals surface area contributed by atoms with Crippen LogP contribution in [0.1, 0.15) is 0 Å². The molecule has 0 aromatic carbocycles. The van der Waals surface area contributed by atoms with Crippen molar-refractivity contribution in [3.05, 3.63) is 0 Å². The summed E-state index contributed by atoms with van der Waals surface area (Å²) in [6.07, 6.45) is -13.5. The summed E-state index contributed by atoms with van der Waals surface area (Å²) in [4.78, 5) is 9.52. The minimum atomic E-state index is -6.81. The summed E-state index contributed by atoms with van der Waals surface area (Å²) < 4.78 is 123. The van der Waals surface area contributed by atoms with E-state index in [2.05, 4.69) is 0 Å². The maximum Gasteiger partial charge on any atom is 0.473 e. The predicted octanol–water partition coefficient (Wildman–Crippen LogP) is 3.35. The summed E-state index contributed by atoms with van der Waals surface area (Å²) in [5.74, 6) is -6.50. The second-order valence-corrected chi connectivity index (χ2v) is 3.96. The number of carbonyl (C=O) groups excluding carboxylic acids is 1.